The van der Waals surface area contributed by atoms with Crippen molar-refractivity contribution in [3.05, 3.63) is 40.2 Å². The highest BCUT2D eigenvalue weighted by molar-refractivity contribution is 5.99. The molecule has 1 aromatic carbocycles. The van der Waals surface area contributed by atoms with Gasteiger partial charge < -0.3 is 36.9 Å². The number of aliphatic imine (C=N–C) groups is 1. The number of anilines is 1. The van der Waals surface area contributed by atoms with Crippen LogP contribution in [0.5, 0.6) is 0 Å². The first-order chi connectivity index (χ1) is 18.3. The topological polar surface area (TPSA) is 219 Å². The van der Waals surface area contributed by atoms with Gasteiger partial charge >= 0.3 is 17.8 Å². The van der Waals surface area contributed by atoms with Crippen LogP contribution >= 0.6 is 0 Å². The maximum Gasteiger partial charge on any atom is 0.417 e. The molecule has 2 aromatic rings. The lowest BCUT2D eigenvalue weighted by Gasteiger charge is -2.19. The molecule has 212 valence electrons. The van der Waals surface area contributed by atoms with Crippen molar-refractivity contribution in [1.29, 1.82) is 0 Å². The summed E-state index contributed by atoms with van der Waals surface area (Å²) in [7, 11) is 0. The zero-order valence-electron chi connectivity index (χ0n) is 20.5. The zero-order chi connectivity index (χ0) is 29.2. The molecule has 0 aliphatic heterocycles. The summed E-state index contributed by atoms with van der Waals surface area (Å²) in [5.41, 5.74) is 7.70. The second kappa shape index (κ2) is 13.8. The molecule has 1 heterocycles. The van der Waals surface area contributed by atoms with E-state index >= 15 is 0 Å². The summed E-state index contributed by atoms with van der Waals surface area (Å²) >= 11 is 0. The third kappa shape index (κ3) is 10.3. The van der Waals surface area contributed by atoms with E-state index in [1.807, 2.05) is 0 Å². The number of fused-ring (bicyclic) bond motifs is 1. The van der Waals surface area contributed by atoms with Gasteiger partial charge in [-0.25, -0.2) is 4.79 Å². The Morgan fingerprint density at radius 3 is 2.41 bits per heavy atom. The van der Waals surface area contributed by atoms with E-state index in [1.54, 1.807) is 0 Å². The molecule has 0 fully saturated rings. The first-order valence-corrected chi connectivity index (χ1v) is 11.6. The van der Waals surface area contributed by atoms with E-state index in [0.29, 0.717) is 6.07 Å². The van der Waals surface area contributed by atoms with E-state index in [2.05, 4.69) is 20.9 Å². The SMILES string of the molecule is NC(N)=NCCC[C@H](NC(=O)CNC(=O)CCCC(=O)O)C(=O)Nc1ccc2c(C(F)(F)F)cc(=O)oc2c1. The van der Waals surface area contributed by atoms with Crippen LogP contribution in [0.4, 0.5) is 18.9 Å². The maximum absolute atomic E-state index is 13.3. The van der Waals surface area contributed by atoms with Crippen molar-refractivity contribution < 1.29 is 41.9 Å². The second-order valence-electron chi connectivity index (χ2n) is 8.27. The van der Waals surface area contributed by atoms with Crippen LogP contribution in [-0.2, 0) is 25.4 Å². The van der Waals surface area contributed by atoms with Crippen LogP contribution in [0.25, 0.3) is 11.0 Å². The van der Waals surface area contributed by atoms with E-state index < -0.39 is 59.2 Å². The van der Waals surface area contributed by atoms with Gasteiger partial charge in [-0.2, -0.15) is 13.2 Å². The number of halogens is 3. The van der Waals surface area contributed by atoms with Crippen LogP contribution in [-0.4, -0.2) is 53.9 Å². The number of aliphatic carboxylic acids is 1. The maximum atomic E-state index is 13.3. The number of guanidine groups is 1. The van der Waals surface area contributed by atoms with Gasteiger partial charge in [-0.05, 0) is 31.4 Å². The molecule has 0 saturated heterocycles. The third-order valence-corrected chi connectivity index (χ3v) is 5.16. The lowest BCUT2D eigenvalue weighted by molar-refractivity contribution is -0.138. The lowest BCUT2D eigenvalue weighted by Crippen LogP contribution is -2.47. The van der Waals surface area contributed by atoms with Crippen molar-refractivity contribution in [3.8, 4) is 0 Å². The number of carboxylic acids is 1. The van der Waals surface area contributed by atoms with Crippen LogP contribution in [0.1, 0.15) is 37.7 Å². The molecule has 0 aliphatic carbocycles. The number of benzene rings is 1. The van der Waals surface area contributed by atoms with Gasteiger partial charge in [0.15, 0.2) is 5.96 Å². The van der Waals surface area contributed by atoms with Crippen molar-refractivity contribution >= 4 is 46.3 Å². The molecule has 39 heavy (non-hydrogen) atoms. The molecule has 1 aromatic heterocycles. The number of carboxylic acid groups (broad SMARTS) is 1. The Hall–Kier alpha value is -4.63. The molecule has 13 nitrogen and oxygen atoms in total. The number of nitrogens with zero attached hydrogens (tertiary/aromatic N) is 1. The monoisotopic (exact) mass is 556 g/mol. The van der Waals surface area contributed by atoms with Crippen LogP contribution in [0.3, 0.4) is 0 Å². The van der Waals surface area contributed by atoms with Crippen LogP contribution < -0.4 is 33.0 Å². The van der Waals surface area contributed by atoms with Gasteiger partial charge in [-0.15, -0.1) is 0 Å². The minimum atomic E-state index is -4.81. The Kier molecular flexibility index (Phi) is 10.8. The summed E-state index contributed by atoms with van der Waals surface area (Å²) in [4.78, 5) is 63.0. The number of amides is 3. The molecule has 0 bridgehead atoms. The molecule has 2 rings (SSSR count). The van der Waals surface area contributed by atoms with E-state index in [-0.39, 0.29) is 55.7 Å². The van der Waals surface area contributed by atoms with Gasteiger partial charge in [0.1, 0.15) is 11.6 Å². The van der Waals surface area contributed by atoms with Crippen molar-refractivity contribution in [2.24, 2.45) is 16.5 Å². The van der Waals surface area contributed by atoms with E-state index in [0.717, 1.165) is 12.1 Å². The van der Waals surface area contributed by atoms with E-state index in [9.17, 15) is 37.1 Å². The fourth-order valence-electron chi connectivity index (χ4n) is 3.39. The summed E-state index contributed by atoms with van der Waals surface area (Å²) < 4.78 is 44.7. The lowest BCUT2D eigenvalue weighted by atomic mass is 10.1. The molecular weight excluding hydrogens is 529 g/mol. The van der Waals surface area contributed by atoms with Gasteiger partial charge in [0.25, 0.3) is 0 Å². The van der Waals surface area contributed by atoms with Crippen LogP contribution in [0.15, 0.2) is 38.5 Å². The average molecular weight is 556 g/mol. The van der Waals surface area contributed by atoms with Gasteiger partial charge in [-0.1, -0.05) is 0 Å². The van der Waals surface area contributed by atoms with Crippen molar-refractivity contribution in [2.75, 3.05) is 18.4 Å². The Morgan fingerprint density at radius 1 is 1.05 bits per heavy atom. The van der Waals surface area contributed by atoms with Gasteiger partial charge in [0.05, 0.1) is 12.1 Å². The molecule has 1 atom stereocenters. The number of carbonyl (C=O) groups is 4. The summed E-state index contributed by atoms with van der Waals surface area (Å²) in [6, 6.07) is 2.40. The molecule has 16 heteroatoms. The summed E-state index contributed by atoms with van der Waals surface area (Å²) in [5, 5.41) is 15.4. The molecule has 3 amide bonds. The minimum absolute atomic E-state index is 0.00909. The largest absolute Gasteiger partial charge is 0.481 e. The van der Waals surface area contributed by atoms with Gasteiger partial charge in [-0.3, -0.25) is 24.2 Å². The van der Waals surface area contributed by atoms with Crippen molar-refractivity contribution in [1.82, 2.24) is 10.6 Å². The Balaban J connectivity index is 2.12. The quantitative estimate of drug-likeness (QED) is 0.0882. The summed E-state index contributed by atoms with van der Waals surface area (Å²) in [6.07, 6.45) is -4.77. The molecule has 0 unspecified atom stereocenters. The molecule has 0 aliphatic rings. The van der Waals surface area contributed by atoms with Crippen molar-refractivity contribution in [2.45, 2.75) is 44.3 Å². The second-order valence-corrected chi connectivity index (χ2v) is 8.27. The Bertz CT molecular complexity index is 1310. The first kappa shape index (κ1) is 30.6. The molecular formula is C23H27F3N6O7. The number of hydrogen-bond donors (Lipinski definition) is 6. The highest BCUT2D eigenvalue weighted by atomic mass is 19.4. The predicted octanol–water partition coefficient (Wildman–Crippen LogP) is 0.660. The minimum Gasteiger partial charge on any atom is -0.481 e. The highest BCUT2D eigenvalue weighted by Crippen LogP contribution is 2.34. The first-order valence-electron chi connectivity index (χ1n) is 11.6. The number of rotatable bonds is 13. The number of carbonyl (C=O) groups excluding carboxylic acids is 3. The zero-order valence-corrected chi connectivity index (χ0v) is 20.5. The van der Waals surface area contributed by atoms with Gasteiger partial charge in [0, 0.05) is 42.6 Å². The fraction of sp³-hybridized carbons (Fsp3) is 0.391. The molecule has 8 N–H and O–H groups in total. The summed E-state index contributed by atoms with van der Waals surface area (Å²) in [5.74, 6) is -3.29. The Labute approximate surface area is 218 Å². The standard InChI is InChI=1S/C23H27F3N6O7/c24-23(25,26)14-10-20(37)39-16-9-12(6-7-13(14)16)31-21(38)15(3-2-8-29-22(27)28)32-18(34)11-30-17(33)4-1-5-19(35)36/h6-7,9-10,15H,1-5,8,11H2,(H,30,33)(H,31,38)(H,32,34)(H,35,36)(H4,27,28,29)/t15-/m0/s1. The third-order valence-electron chi connectivity index (χ3n) is 5.16. The fourth-order valence-corrected chi connectivity index (χ4v) is 3.39. The molecule has 0 radical (unpaired) electrons. The highest BCUT2D eigenvalue weighted by Gasteiger charge is 2.34. The van der Waals surface area contributed by atoms with Crippen LogP contribution in [0.2, 0.25) is 0 Å². The molecule has 0 spiro atoms. The molecule has 0 saturated carbocycles. The number of alkyl halides is 3. The number of nitrogens with one attached hydrogen (secondary N) is 3. The summed E-state index contributed by atoms with van der Waals surface area (Å²) in [6.45, 7) is -0.366. The normalized spacial score (nSPS) is 11.9. The number of hydrogen-bond acceptors (Lipinski definition) is 7. The van der Waals surface area contributed by atoms with E-state index in [1.165, 1.54) is 6.07 Å². The van der Waals surface area contributed by atoms with Crippen LogP contribution in [0, 0.1) is 0 Å². The van der Waals surface area contributed by atoms with E-state index in [4.69, 9.17) is 21.0 Å². The van der Waals surface area contributed by atoms with Gasteiger partial charge in [0.2, 0.25) is 17.7 Å². The predicted molar refractivity (Wildman–Crippen MR) is 132 cm³/mol. The average Bonchev–Trinajstić information content (AvgIpc) is 2.82. The number of nitrogens with two attached hydrogens (primary N) is 2. The smallest absolute Gasteiger partial charge is 0.417 e. The Morgan fingerprint density at radius 2 is 1.77 bits per heavy atom. The van der Waals surface area contributed by atoms with Crippen molar-refractivity contribution in [3.63, 3.8) is 0 Å².